The second-order valence-electron chi connectivity index (χ2n) is 3.61. The Kier molecular flexibility index (Phi) is 4.21. The summed E-state index contributed by atoms with van der Waals surface area (Å²) >= 11 is 1.61. The second kappa shape index (κ2) is 6.08. The maximum absolute atomic E-state index is 8.58. The number of amidine groups is 1. The summed E-state index contributed by atoms with van der Waals surface area (Å²) in [6.07, 6.45) is 3.48. The van der Waals surface area contributed by atoms with Gasteiger partial charge >= 0.3 is 0 Å². The van der Waals surface area contributed by atoms with Crippen molar-refractivity contribution in [2.45, 2.75) is 13.1 Å². The smallest absolute Gasteiger partial charge is 0.188 e. The summed E-state index contributed by atoms with van der Waals surface area (Å²) in [4.78, 5) is 9.20. The van der Waals surface area contributed by atoms with Crippen molar-refractivity contribution >= 4 is 17.2 Å². The number of pyridine rings is 1. The molecule has 0 aliphatic carbocycles. The van der Waals surface area contributed by atoms with Gasteiger partial charge in [-0.3, -0.25) is 9.97 Å². The van der Waals surface area contributed by atoms with Gasteiger partial charge in [0, 0.05) is 30.4 Å². The van der Waals surface area contributed by atoms with Crippen molar-refractivity contribution in [3.63, 3.8) is 0 Å². The molecule has 0 unspecified atom stereocenters. The number of nitrogens with zero attached hydrogens (tertiary/aromatic N) is 3. The van der Waals surface area contributed by atoms with Crippen molar-refractivity contribution < 1.29 is 5.21 Å². The first-order chi connectivity index (χ1) is 8.79. The quantitative estimate of drug-likeness (QED) is 0.322. The van der Waals surface area contributed by atoms with Gasteiger partial charge in [0.2, 0.25) is 0 Å². The second-order valence-corrected chi connectivity index (χ2v) is 4.58. The molecule has 94 valence electrons. The summed E-state index contributed by atoms with van der Waals surface area (Å²) in [5.41, 5.74) is 8.78. The average molecular weight is 263 g/mol. The van der Waals surface area contributed by atoms with Crippen LogP contribution in [0.15, 0.2) is 35.2 Å². The first-order valence-corrected chi connectivity index (χ1v) is 6.18. The minimum absolute atomic E-state index is 0.0132. The fourth-order valence-electron chi connectivity index (χ4n) is 1.44. The van der Waals surface area contributed by atoms with Crippen LogP contribution in [0.3, 0.4) is 0 Å². The Morgan fingerprint density at radius 2 is 2.39 bits per heavy atom. The number of nitrogens with one attached hydrogen (secondary N) is 1. The minimum Gasteiger partial charge on any atom is -0.409 e. The Hall–Kier alpha value is -1.99. The van der Waals surface area contributed by atoms with Gasteiger partial charge in [0.15, 0.2) is 5.84 Å². The molecular formula is C11H13N5OS. The maximum atomic E-state index is 8.58. The summed E-state index contributed by atoms with van der Waals surface area (Å²) in [6, 6.07) is 3.67. The maximum Gasteiger partial charge on any atom is 0.188 e. The van der Waals surface area contributed by atoms with E-state index in [-0.39, 0.29) is 5.84 Å². The van der Waals surface area contributed by atoms with E-state index in [1.54, 1.807) is 29.1 Å². The summed E-state index contributed by atoms with van der Waals surface area (Å²) < 4.78 is 0. The minimum atomic E-state index is 0.0132. The molecule has 0 atom stereocenters. The number of hydrogen-bond donors (Lipinski definition) is 3. The van der Waals surface area contributed by atoms with Gasteiger partial charge in [-0.2, -0.15) is 0 Å². The molecule has 0 aliphatic heterocycles. The summed E-state index contributed by atoms with van der Waals surface area (Å²) in [7, 11) is 0. The zero-order valence-electron chi connectivity index (χ0n) is 9.58. The number of hydrogen-bond acceptors (Lipinski definition) is 6. The largest absolute Gasteiger partial charge is 0.409 e. The van der Waals surface area contributed by atoms with Crippen LogP contribution in [-0.4, -0.2) is 21.0 Å². The van der Waals surface area contributed by atoms with Crippen LogP contribution in [0.4, 0.5) is 0 Å². The average Bonchev–Trinajstić information content (AvgIpc) is 2.91. The van der Waals surface area contributed by atoms with Crippen LogP contribution in [0.1, 0.15) is 16.1 Å². The number of thiazole rings is 1. The Morgan fingerprint density at radius 3 is 3.11 bits per heavy atom. The van der Waals surface area contributed by atoms with Crippen LogP contribution in [0, 0.1) is 0 Å². The fourth-order valence-corrected chi connectivity index (χ4v) is 2.00. The van der Waals surface area contributed by atoms with Gasteiger partial charge in [-0.05, 0) is 17.7 Å². The van der Waals surface area contributed by atoms with E-state index in [4.69, 9.17) is 10.9 Å². The molecule has 0 aliphatic rings. The van der Waals surface area contributed by atoms with Crippen molar-refractivity contribution in [3.8, 4) is 0 Å². The monoisotopic (exact) mass is 263 g/mol. The van der Waals surface area contributed by atoms with Crippen molar-refractivity contribution in [1.82, 2.24) is 15.3 Å². The summed E-state index contributed by atoms with van der Waals surface area (Å²) in [5, 5.41) is 14.8. The third-order valence-corrected chi connectivity index (χ3v) is 3.09. The molecule has 0 spiro atoms. The SMILES string of the molecule is N/C(=N/O)c1cc(CNCc2cncs2)ccn1. The molecule has 0 bridgehead atoms. The predicted octanol–water partition coefficient (Wildman–Crippen LogP) is 0.922. The van der Waals surface area contributed by atoms with Gasteiger partial charge in [-0.25, -0.2) is 0 Å². The molecule has 0 saturated carbocycles. The van der Waals surface area contributed by atoms with E-state index in [1.807, 2.05) is 12.3 Å². The molecule has 0 aromatic carbocycles. The molecule has 0 saturated heterocycles. The highest BCUT2D eigenvalue weighted by Gasteiger charge is 2.02. The van der Waals surface area contributed by atoms with E-state index in [1.165, 1.54) is 4.88 Å². The first kappa shape index (κ1) is 12.5. The standard InChI is InChI=1S/C11H13N5OS/c12-11(16-17)10-3-8(1-2-15-10)4-13-5-9-6-14-7-18-9/h1-3,6-7,13,17H,4-5H2,(H2,12,16). The number of aromatic nitrogens is 2. The normalized spacial score (nSPS) is 11.7. The Bertz CT molecular complexity index is 526. The van der Waals surface area contributed by atoms with Crippen molar-refractivity contribution in [1.29, 1.82) is 0 Å². The van der Waals surface area contributed by atoms with Crippen LogP contribution in [0.25, 0.3) is 0 Å². The zero-order valence-corrected chi connectivity index (χ0v) is 10.4. The topological polar surface area (TPSA) is 96.4 Å². The van der Waals surface area contributed by atoms with E-state index in [0.717, 1.165) is 12.1 Å². The lowest BCUT2D eigenvalue weighted by Gasteiger charge is -2.04. The number of oxime groups is 1. The van der Waals surface area contributed by atoms with Crippen LogP contribution in [0.5, 0.6) is 0 Å². The van der Waals surface area contributed by atoms with Gasteiger partial charge in [0.25, 0.3) is 0 Å². The molecule has 2 aromatic heterocycles. The predicted molar refractivity (Wildman–Crippen MR) is 69.4 cm³/mol. The van der Waals surface area contributed by atoms with E-state index >= 15 is 0 Å². The first-order valence-electron chi connectivity index (χ1n) is 5.30. The van der Waals surface area contributed by atoms with Crippen LogP contribution in [0.2, 0.25) is 0 Å². The highest BCUT2D eigenvalue weighted by molar-refractivity contribution is 7.09. The molecule has 2 aromatic rings. The molecule has 4 N–H and O–H groups in total. The molecule has 7 heteroatoms. The molecule has 0 radical (unpaired) electrons. The molecule has 2 heterocycles. The zero-order chi connectivity index (χ0) is 12.8. The van der Waals surface area contributed by atoms with Gasteiger partial charge in [-0.15, -0.1) is 11.3 Å². The van der Waals surface area contributed by atoms with Gasteiger partial charge < -0.3 is 16.3 Å². The Morgan fingerprint density at radius 1 is 1.50 bits per heavy atom. The lowest BCUT2D eigenvalue weighted by molar-refractivity contribution is 0.318. The third kappa shape index (κ3) is 3.25. The Labute approximate surface area is 108 Å². The number of rotatable bonds is 5. The molecule has 2 rings (SSSR count). The van der Waals surface area contributed by atoms with Crippen molar-refractivity contribution in [2.24, 2.45) is 10.9 Å². The highest BCUT2D eigenvalue weighted by Crippen LogP contribution is 2.06. The van der Waals surface area contributed by atoms with Crippen LogP contribution < -0.4 is 11.1 Å². The fraction of sp³-hybridized carbons (Fsp3) is 0.182. The van der Waals surface area contributed by atoms with Crippen LogP contribution >= 0.6 is 11.3 Å². The molecule has 18 heavy (non-hydrogen) atoms. The van der Waals surface area contributed by atoms with Crippen LogP contribution in [-0.2, 0) is 13.1 Å². The van der Waals surface area contributed by atoms with Crippen molar-refractivity contribution in [2.75, 3.05) is 0 Å². The molecule has 0 amide bonds. The van der Waals surface area contributed by atoms with Gasteiger partial charge in [0.1, 0.15) is 5.69 Å². The highest BCUT2D eigenvalue weighted by atomic mass is 32.1. The van der Waals surface area contributed by atoms with Gasteiger partial charge in [-0.1, -0.05) is 5.16 Å². The molecule has 6 nitrogen and oxygen atoms in total. The lowest BCUT2D eigenvalue weighted by Crippen LogP contribution is -2.17. The summed E-state index contributed by atoms with van der Waals surface area (Å²) in [5.74, 6) is 0.0132. The van der Waals surface area contributed by atoms with Crippen molar-refractivity contribution in [3.05, 3.63) is 46.2 Å². The van der Waals surface area contributed by atoms with Gasteiger partial charge in [0.05, 0.1) is 5.51 Å². The van der Waals surface area contributed by atoms with E-state index in [2.05, 4.69) is 20.4 Å². The Balaban J connectivity index is 1.93. The summed E-state index contributed by atoms with van der Waals surface area (Å²) in [6.45, 7) is 1.46. The molecule has 0 fully saturated rings. The third-order valence-electron chi connectivity index (χ3n) is 2.31. The van der Waals surface area contributed by atoms with E-state index in [9.17, 15) is 0 Å². The van der Waals surface area contributed by atoms with E-state index < -0.39 is 0 Å². The van der Waals surface area contributed by atoms with E-state index in [0.29, 0.717) is 12.2 Å². The molecular weight excluding hydrogens is 250 g/mol. The number of nitrogens with two attached hydrogens (primary N) is 1. The lowest BCUT2D eigenvalue weighted by atomic mass is 10.2.